The Bertz CT molecular complexity index is 156. The summed E-state index contributed by atoms with van der Waals surface area (Å²) in [6.45, 7) is 3.06. The van der Waals surface area contributed by atoms with Crippen molar-refractivity contribution in [2.75, 3.05) is 0 Å². The van der Waals surface area contributed by atoms with E-state index in [-0.39, 0.29) is 13.2 Å². The van der Waals surface area contributed by atoms with Crippen LogP contribution in [-0.2, 0) is 15.2 Å². The zero-order valence-corrected chi connectivity index (χ0v) is 5.84. The van der Waals surface area contributed by atoms with E-state index in [2.05, 4.69) is 0 Å². The van der Waals surface area contributed by atoms with Crippen LogP contribution in [0, 0.1) is 0 Å². The molecule has 6 heteroatoms. The van der Waals surface area contributed by atoms with Gasteiger partial charge < -0.3 is 4.79 Å². The molecule has 0 saturated heterocycles. The maximum atomic E-state index is 9.44. The molecule has 0 aliphatic carbocycles. The quantitative estimate of drug-likeness (QED) is 0.521. The third-order valence-corrected chi connectivity index (χ3v) is 0. The summed E-state index contributed by atoms with van der Waals surface area (Å²) < 4.78 is 31.6. The van der Waals surface area contributed by atoms with Crippen LogP contribution in [0.15, 0.2) is 0 Å². The molecule has 0 aromatic heterocycles. The summed E-state index contributed by atoms with van der Waals surface area (Å²) >= 11 is 0. The third kappa shape index (κ3) is 1520. The van der Waals surface area contributed by atoms with Gasteiger partial charge in [0.1, 0.15) is 5.78 Å². The molecule has 0 saturated carbocycles. The van der Waals surface area contributed by atoms with Crippen LogP contribution in [0.3, 0.4) is 0 Å². The Balaban J connectivity index is -0.0000000910. The molecule has 10 heavy (non-hydrogen) atoms. The molecule has 0 unspecified atom stereocenters. The average molecular weight is 172 g/mol. The van der Waals surface area contributed by atoms with Gasteiger partial charge in [0.25, 0.3) is 0 Å². The molecule has 0 aromatic carbocycles. The fraction of sp³-hybridized carbons (Fsp3) is 0.750. The summed E-state index contributed by atoms with van der Waals surface area (Å²) in [4.78, 5) is 9.44. The Morgan fingerprint density at radius 3 is 1.20 bits per heavy atom. The zero-order chi connectivity index (χ0) is 8.08. The number of Topliss-reactive ketones (excluding diaryl/α,β-unsaturated/α-hetero) is 1. The normalized spacial score (nSPS) is 8.40. The molecule has 0 atom stereocenters. The summed E-state index contributed by atoms with van der Waals surface area (Å²) in [7, 11) is -4.67. The van der Waals surface area contributed by atoms with Gasteiger partial charge in [0.05, 0.1) is 0 Å². The van der Waals surface area contributed by atoms with Gasteiger partial charge in [-0.1, -0.05) is 7.43 Å². The van der Waals surface area contributed by atoms with Gasteiger partial charge in [0.15, 0.2) is 0 Å². The van der Waals surface area contributed by atoms with Crippen molar-refractivity contribution in [3.8, 4) is 0 Å². The van der Waals surface area contributed by atoms with Crippen molar-refractivity contribution in [3.05, 3.63) is 0 Å². The molecule has 64 valence electrons. The van der Waals surface area contributed by atoms with Crippen molar-refractivity contribution in [1.82, 2.24) is 0 Å². The van der Waals surface area contributed by atoms with Gasteiger partial charge in [0, 0.05) is 0 Å². The predicted octanol–water partition coefficient (Wildman–Crippen LogP) is 0.579. The van der Waals surface area contributed by atoms with E-state index in [9.17, 15) is 4.79 Å². The van der Waals surface area contributed by atoms with Crippen LogP contribution >= 0.6 is 0 Å². The second-order valence-electron chi connectivity index (χ2n) is 1.36. The Kier molecular flexibility index (Phi) is 10.8. The van der Waals surface area contributed by atoms with E-state index in [0.29, 0.717) is 0 Å². The Labute approximate surface area is 60.6 Å². The molecule has 0 aliphatic heterocycles. The average Bonchev–Trinajstić information content (AvgIpc) is 1.19. The molecule has 0 heterocycles. The van der Waals surface area contributed by atoms with Gasteiger partial charge in [-0.3, -0.25) is 9.11 Å². The first-order valence-corrected chi connectivity index (χ1v) is 3.30. The standard InChI is InChI=1S/C3H6O.CH4.H2O4S/c1-3(2)4;;1-5(2,3)4/h1-2H3;1H4;(H2,1,2,3,4). The van der Waals surface area contributed by atoms with E-state index in [0.717, 1.165) is 0 Å². The molecule has 0 aromatic rings. The van der Waals surface area contributed by atoms with Crippen LogP contribution in [0.4, 0.5) is 0 Å². The molecule has 2 N–H and O–H groups in total. The van der Waals surface area contributed by atoms with Crippen LogP contribution < -0.4 is 0 Å². The highest BCUT2D eigenvalue weighted by Crippen LogP contribution is 1.59. The number of carbonyl (C=O) groups is 1. The summed E-state index contributed by atoms with van der Waals surface area (Å²) in [5.74, 6) is 0.167. The first kappa shape index (κ1) is 16.3. The molecule has 0 spiro atoms. The van der Waals surface area contributed by atoms with Gasteiger partial charge in [0.2, 0.25) is 0 Å². The Morgan fingerprint density at radius 1 is 1.20 bits per heavy atom. The maximum absolute atomic E-state index is 9.44. The molecule has 5 nitrogen and oxygen atoms in total. The molecular weight excluding hydrogens is 160 g/mol. The topological polar surface area (TPSA) is 91.7 Å². The van der Waals surface area contributed by atoms with Gasteiger partial charge in [-0.2, -0.15) is 8.42 Å². The van der Waals surface area contributed by atoms with Gasteiger partial charge in [-0.25, -0.2) is 0 Å². The minimum absolute atomic E-state index is 0. The van der Waals surface area contributed by atoms with Crippen LogP contribution in [0.2, 0.25) is 0 Å². The van der Waals surface area contributed by atoms with Crippen LogP contribution in [0.5, 0.6) is 0 Å². The fourth-order valence-corrected chi connectivity index (χ4v) is 0. The van der Waals surface area contributed by atoms with Gasteiger partial charge >= 0.3 is 10.4 Å². The highest BCUT2D eigenvalue weighted by atomic mass is 32.3. The fourth-order valence-electron chi connectivity index (χ4n) is 0. The minimum Gasteiger partial charge on any atom is -0.300 e. The number of hydrogen-bond acceptors (Lipinski definition) is 3. The van der Waals surface area contributed by atoms with E-state index < -0.39 is 10.4 Å². The largest absolute Gasteiger partial charge is 0.394 e. The summed E-state index contributed by atoms with van der Waals surface area (Å²) in [5.41, 5.74) is 0. The molecular formula is C4H12O5S. The molecule has 0 bridgehead atoms. The third-order valence-electron chi connectivity index (χ3n) is 0. The van der Waals surface area contributed by atoms with Crippen LogP contribution in [-0.4, -0.2) is 23.3 Å². The number of ketones is 1. The summed E-state index contributed by atoms with van der Waals surface area (Å²) in [6.07, 6.45) is 0. The van der Waals surface area contributed by atoms with E-state index in [1.165, 1.54) is 13.8 Å². The highest BCUT2D eigenvalue weighted by molar-refractivity contribution is 7.79. The lowest BCUT2D eigenvalue weighted by Gasteiger charge is -1.68. The Hall–Kier alpha value is -0.460. The zero-order valence-electron chi connectivity index (χ0n) is 5.03. The molecule has 0 amide bonds. The number of rotatable bonds is 0. The van der Waals surface area contributed by atoms with Crippen molar-refractivity contribution < 1.29 is 22.3 Å². The highest BCUT2D eigenvalue weighted by Gasteiger charge is 1.84. The van der Waals surface area contributed by atoms with Crippen molar-refractivity contribution in [2.24, 2.45) is 0 Å². The summed E-state index contributed by atoms with van der Waals surface area (Å²) in [5, 5.41) is 0. The Morgan fingerprint density at radius 2 is 1.20 bits per heavy atom. The lowest BCUT2D eigenvalue weighted by Crippen LogP contribution is -1.89. The smallest absolute Gasteiger partial charge is 0.300 e. The monoisotopic (exact) mass is 172 g/mol. The van der Waals surface area contributed by atoms with Gasteiger partial charge in [-0.05, 0) is 13.8 Å². The van der Waals surface area contributed by atoms with Crippen LogP contribution in [0.25, 0.3) is 0 Å². The number of carbonyl (C=O) groups excluding carboxylic acids is 1. The first-order chi connectivity index (χ1) is 3.73. The molecule has 0 fully saturated rings. The van der Waals surface area contributed by atoms with E-state index in [4.69, 9.17) is 17.5 Å². The lowest BCUT2D eigenvalue weighted by molar-refractivity contribution is -0.114. The SMILES string of the molecule is C.CC(C)=O.O=S(=O)(O)O. The van der Waals surface area contributed by atoms with Crippen molar-refractivity contribution in [3.63, 3.8) is 0 Å². The predicted molar refractivity (Wildman–Crippen MR) is 37.3 cm³/mol. The first-order valence-electron chi connectivity index (χ1n) is 1.90. The van der Waals surface area contributed by atoms with E-state index in [1.54, 1.807) is 0 Å². The van der Waals surface area contributed by atoms with E-state index >= 15 is 0 Å². The molecule has 0 aliphatic rings. The molecule has 0 radical (unpaired) electrons. The lowest BCUT2D eigenvalue weighted by atomic mass is 10.6. The number of hydrogen-bond donors (Lipinski definition) is 2. The molecule has 0 rings (SSSR count). The van der Waals surface area contributed by atoms with Crippen molar-refractivity contribution in [2.45, 2.75) is 21.3 Å². The second-order valence-corrected chi connectivity index (χ2v) is 2.25. The van der Waals surface area contributed by atoms with E-state index in [1.807, 2.05) is 0 Å². The minimum atomic E-state index is -4.67. The van der Waals surface area contributed by atoms with Crippen LogP contribution in [0.1, 0.15) is 21.3 Å². The van der Waals surface area contributed by atoms with Gasteiger partial charge in [-0.15, -0.1) is 0 Å². The summed E-state index contributed by atoms with van der Waals surface area (Å²) in [6, 6.07) is 0. The second kappa shape index (κ2) is 6.66. The van der Waals surface area contributed by atoms with Crippen molar-refractivity contribution >= 4 is 16.2 Å². The maximum Gasteiger partial charge on any atom is 0.394 e. The van der Waals surface area contributed by atoms with Crippen molar-refractivity contribution in [1.29, 1.82) is 0 Å².